The highest BCUT2D eigenvalue weighted by molar-refractivity contribution is 7.89. The normalized spacial score (nSPS) is 16.1. The Bertz CT molecular complexity index is 986. The van der Waals surface area contributed by atoms with Crippen molar-refractivity contribution in [2.45, 2.75) is 24.7 Å². The molecule has 10 heteroatoms. The molecule has 4 rings (SSSR count). The molecule has 4 heterocycles. The molecule has 0 spiro atoms. The van der Waals surface area contributed by atoms with Crippen LogP contribution in [-0.4, -0.2) is 46.1 Å². The van der Waals surface area contributed by atoms with Gasteiger partial charge in [-0.2, -0.15) is 9.29 Å². The van der Waals surface area contributed by atoms with Crippen molar-refractivity contribution in [2.75, 3.05) is 13.1 Å². The summed E-state index contributed by atoms with van der Waals surface area (Å²) in [5.74, 6) is 0.949. The average Bonchev–Trinajstić information content (AvgIpc) is 3.14. The number of aromatic nitrogens is 4. The second-order valence-electron chi connectivity index (χ2n) is 5.84. The Hall–Kier alpha value is -2.59. The van der Waals surface area contributed by atoms with Gasteiger partial charge in [-0.25, -0.2) is 8.42 Å². The van der Waals surface area contributed by atoms with Gasteiger partial charge in [-0.1, -0.05) is 16.4 Å². The summed E-state index contributed by atoms with van der Waals surface area (Å²) >= 11 is 0. The van der Waals surface area contributed by atoms with E-state index in [4.69, 9.17) is 9.05 Å². The van der Waals surface area contributed by atoms with Crippen LogP contribution in [-0.2, 0) is 10.0 Å². The Morgan fingerprint density at radius 1 is 1.16 bits per heavy atom. The molecule has 0 unspecified atom stereocenters. The largest absolute Gasteiger partial charge is 0.360 e. The van der Waals surface area contributed by atoms with E-state index in [2.05, 4.69) is 20.3 Å². The topological polar surface area (TPSA) is 115 Å². The molecule has 0 bridgehead atoms. The third-order valence-electron chi connectivity index (χ3n) is 4.10. The van der Waals surface area contributed by atoms with Crippen LogP contribution in [0, 0.1) is 13.8 Å². The standard InChI is InChI=1S/C15H15N5O4S/c1-9-13(10(2)23-18-9)25(21,22)20-7-11(8-20)15-17-14(19-24-15)12-5-3-4-6-16-12/h3-6,11H,7-8H2,1-2H3. The maximum atomic E-state index is 12.7. The molecule has 0 amide bonds. The number of nitrogens with zero attached hydrogens (tertiary/aromatic N) is 5. The van der Waals surface area contributed by atoms with Gasteiger partial charge in [0.25, 0.3) is 0 Å². The lowest BCUT2D eigenvalue weighted by Gasteiger charge is -2.35. The predicted molar refractivity (Wildman–Crippen MR) is 85.0 cm³/mol. The van der Waals surface area contributed by atoms with Gasteiger partial charge in [-0.3, -0.25) is 4.98 Å². The van der Waals surface area contributed by atoms with Gasteiger partial charge >= 0.3 is 0 Å². The van der Waals surface area contributed by atoms with Crippen LogP contribution in [0.2, 0.25) is 0 Å². The minimum Gasteiger partial charge on any atom is -0.360 e. The first-order valence-electron chi connectivity index (χ1n) is 7.65. The predicted octanol–water partition coefficient (Wildman–Crippen LogP) is 1.52. The first-order chi connectivity index (χ1) is 12.0. The molecule has 0 atom stereocenters. The van der Waals surface area contributed by atoms with Crippen LogP contribution in [0.4, 0.5) is 0 Å². The molecular weight excluding hydrogens is 346 g/mol. The van der Waals surface area contributed by atoms with Crippen LogP contribution in [0.1, 0.15) is 23.3 Å². The van der Waals surface area contributed by atoms with E-state index in [1.54, 1.807) is 32.2 Å². The van der Waals surface area contributed by atoms with E-state index in [1.807, 2.05) is 6.07 Å². The molecule has 1 saturated heterocycles. The molecule has 0 aliphatic carbocycles. The summed E-state index contributed by atoms with van der Waals surface area (Å²) in [6, 6.07) is 5.41. The first-order valence-corrected chi connectivity index (χ1v) is 9.09. The third-order valence-corrected chi connectivity index (χ3v) is 6.18. The van der Waals surface area contributed by atoms with Crippen molar-refractivity contribution in [2.24, 2.45) is 0 Å². The van der Waals surface area contributed by atoms with Crippen molar-refractivity contribution in [1.29, 1.82) is 0 Å². The molecule has 0 N–H and O–H groups in total. The zero-order valence-electron chi connectivity index (χ0n) is 13.6. The number of aryl methyl sites for hydroxylation is 2. The minimum atomic E-state index is -3.63. The lowest BCUT2D eigenvalue weighted by molar-refractivity contribution is 0.216. The lowest BCUT2D eigenvalue weighted by atomic mass is 10.0. The summed E-state index contributed by atoms with van der Waals surface area (Å²) in [5, 5.41) is 7.62. The summed E-state index contributed by atoms with van der Waals surface area (Å²) in [7, 11) is -3.63. The Balaban J connectivity index is 1.50. The van der Waals surface area contributed by atoms with Crippen LogP contribution in [0.3, 0.4) is 0 Å². The molecule has 1 aliphatic rings. The molecule has 130 valence electrons. The molecule has 3 aromatic rings. The van der Waals surface area contributed by atoms with E-state index in [1.165, 1.54) is 4.31 Å². The summed E-state index contributed by atoms with van der Waals surface area (Å²) in [6.07, 6.45) is 1.65. The van der Waals surface area contributed by atoms with Crippen molar-refractivity contribution in [1.82, 2.24) is 24.6 Å². The Kier molecular flexibility index (Phi) is 3.65. The van der Waals surface area contributed by atoms with Crippen molar-refractivity contribution in [3.63, 3.8) is 0 Å². The van der Waals surface area contributed by atoms with Crippen molar-refractivity contribution in [3.05, 3.63) is 41.7 Å². The molecule has 1 aliphatic heterocycles. The first kappa shape index (κ1) is 15.9. The fourth-order valence-electron chi connectivity index (χ4n) is 2.76. The number of pyridine rings is 1. The second-order valence-corrected chi connectivity index (χ2v) is 7.72. The van der Waals surface area contributed by atoms with Crippen molar-refractivity contribution < 1.29 is 17.5 Å². The zero-order valence-corrected chi connectivity index (χ0v) is 14.4. The van der Waals surface area contributed by atoms with Gasteiger partial charge in [0, 0.05) is 19.3 Å². The van der Waals surface area contributed by atoms with E-state index in [0.717, 1.165) is 0 Å². The van der Waals surface area contributed by atoms with Gasteiger partial charge in [0.15, 0.2) is 5.76 Å². The highest BCUT2D eigenvalue weighted by Crippen LogP contribution is 2.33. The molecule has 0 aromatic carbocycles. The number of hydrogen-bond donors (Lipinski definition) is 0. The van der Waals surface area contributed by atoms with Crippen LogP contribution in [0.15, 0.2) is 38.3 Å². The molecule has 0 saturated carbocycles. The van der Waals surface area contributed by atoms with Gasteiger partial charge in [-0.05, 0) is 26.0 Å². The molecule has 9 nitrogen and oxygen atoms in total. The minimum absolute atomic E-state index is 0.130. The fraction of sp³-hybridized carbons (Fsp3) is 0.333. The second kappa shape index (κ2) is 5.74. The van der Waals surface area contributed by atoms with Crippen LogP contribution >= 0.6 is 0 Å². The number of sulfonamides is 1. The van der Waals surface area contributed by atoms with Gasteiger partial charge < -0.3 is 9.05 Å². The zero-order chi connectivity index (χ0) is 17.6. The van der Waals surface area contributed by atoms with Gasteiger partial charge in [0.2, 0.25) is 21.7 Å². The number of hydrogen-bond acceptors (Lipinski definition) is 8. The molecule has 25 heavy (non-hydrogen) atoms. The smallest absolute Gasteiger partial charge is 0.248 e. The SMILES string of the molecule is Cc1noc(C)c1S(=O)(=O)N1CC(c2nc(-c3ccccn3)no2)C1. The third kappa shape index (κ3) is 2.63. The molecular formula is C15H15N5O4S. The maximum Gasteiger partial charge on any atom is 0.248 e. The summed E-state index contributed by atoms with van der Waals surface area (Å²) in [4.78, 5) is 8.62. The Morgan fingerprint density at radius 2 is 1.96 bits per heavy atom. The lowest BCUT2D eigenvalue weighted by Crippen LogP contribution is -2.48. The maximum absolute atomic E-state index is 12.7. The van der Waals surface area contributed by atoms with Crippen LogP contribution in [0.25, 0.3) is 11.5 Å². The quantitative estimate of drug-likeness (QED) is 0.687. The van der Waals surface area contributed by atoms with E-state index < -0.39 is 10.0 Å². The highest BCUT2D eigenvalue weighted by atomic mass is 32.2. The molecule has 3 aromatic heterocycles. The monoisotopic (exact) mass is 361 g/mol. The number of rotatable bonds is 4. The van der Waals surface area contributed by atoms with Gasteiger partial charge in [-0.15, -0.1) is 0 Å². The average molecular weight is 361 g/mol. The molecule has 1 fully saturated rings. The van der Waals surface area contributed by atoms with E-state index in [0.29, 0.717) is 23.1 Å². The van der Waals surface area contributed by atoms with Crippen LogP contribution < -0.4 is 0 Å². The van der Waals surface area contributed by atoms with Crippen molar-refractivity contribution in [3.8, 4) is 11.5 Å². The molecule has 0 radical (unpaired) electrons. The van der Waals surface area contributed by atoms with E-state index in [-0.39, 0.29) is 29.7 Å². The summed E-state index contributed by atoms with van der Waals surface area (Å²) in [6.45, 7) is 3.74. The van der Waals surface area contributed by atoms with Gasteiger partial charge in [0.05, 0.1) is 5.92 Å². The summed E-state index contributed by atoms with van der Waals surface area (Å²) in [5.41, 5.74) is 0.966. The van der Waals surface area contributed by atoms with Gasteiger partial charge in [0.1, 0.15) is 16.3 Å². The Labute approximate surface area is 143 Å². The van der Waals surface area contributed by atoms with Crippen LogP contribution in [0.5, 0.6) is 0 Å². The summed E-state index contributed by atoms with van der Waals surface area (Å²) < 4.78 is 36.9. The fourth-order valence-corrected chi connectivity index (χ4v) is 4.58. The Morgan fingerprint density at radius 3 is 2.60 bits per heavy atom. The highest BCUT2D eigenvalue weighted by Gasteiger charge is 2.42. The van der Waals surface area contributed by atoms with E-state index in [9.17, 15) is 8.42 Å². The van der Waals surface area contributed by atoms with E-state index >= 15 is 0 Å². The van der Waals surface area contributed by atoms with Crippen molar-refractivity contribution >= 4 is 10.0 Å².